The van der Waals surface area contributed by atoms with Gasteiger partial charge in [-0.3, -0.25) is 0 Å². The van der Waals surface area contributed by atoms with Gasteiger partial charge in [0.25, 0.3) is 0 Å². The summed E-state index contributed by atoms with van der Waals surface area (Å²) < 4.78 is 0. The lowest BCUT2D eigenvalue weighted by molar-refractivity contribution is 0.660. The van der Waals surface area contributed by atoms with Crippen LogP contribution >= 0.6 is 0 Å². The fourth-order valence-electron chi connectivity index (χ4n) is 5.64. The summed E-state index contributed by atoms with van der Waals surface area (Å²) in [6.07, 6.45) is 0. The van der Waals surface area contributed by atoms with Gasteiger partial charge in [0.05, 0.1) is 0 Å². The molecule has 0 fully saturated rings. The maximum Gasteiger partial charge on any atom is 0.0465 e. The molecule has 1 N–H and O–H groups in total. The summed E-state index contributed by atoms with van der Waals surface area (Å²) in [5.74, 6) is 0. The van der Waals surface area contributed by atoms with E-state index in [0.29, 0.717) is 0 Å². The Labute approximate surface area is 243 Å². The lowest BCUT2D eigenvalue weighted by atomic mass is 9.82. The Hall–Kier alpha value is -5.08. The molecule has 2 heteroatoms. The molecular weight excluding hydrogens is 496 g/mol. The van der Waals surface area contributed by atoms with Gasteiger partial charge < -0.3 is 10.2 Å². The number of benzene rings is 6. The van der Waals surface area contributed by atoms with Gasteiger partial charge in [0.15, 0.2) is 0 Å². The largest absolute Gasteiger partial charge is 0.356 e. The molecule has 200 valence electrons. The summed E-state index contributed by atoms with van der Waals surface area (Å²) in [7, 11) is 0. The highest BCUT2D eigenvalue weighted by Gasteiger charge is 2.35. The maximum atomic E-state index is 3.30. The van der Waals surface area contributed by atoms with Crippen molar-refractivity contribution in [1.82, 2.24) is 0 Å². The summed E-state index contributed by atoms with van der Waals surface area (Å²) in [6, 6.07) is 57.2. The maximum absolute atomic E-state index is 3.30. The Kier molecular flexibility index (Phi) is 7.38. The van der Waals surface area contributed by atoms with Crippen LogP contribution < -0.4 is 10.2 Å². The van der Waals surface area contributed by atoms with Crippen molar-refractivity contribution >= 4 is 28.4 Å². The van der Waals surface area contributed by atoms with Crippen molar-refractivity contribution in [2.45, 2.75) is 19.3 Å². The van der Waals surface area contributed by atoms with Crippen LogP contribution in [0.15, 0.2) is 164 Å². The standard InChI is InChI=1S/C27H23N.C12H11N/c1-27(2)25-16-10-9-15-23(25)24-18-17-22(19-26(24)27)28(20-11-5-3-6-12-20)21-13-7-4-8-14-21;1-3-7-11(8-4-1)13-12-9-5-2-6-10-12/h3-19H,1-2H3;1-10,13H. The van der Waals surface area contributed by atoms with Gasteiger partial charge in [-0.15, -0.1) is 0 Å². The normalized spacial score (nSPS) is 12.3. The van der Waals surface area contributed by atoms with E-state index in [-0.39, 0.29) is 5.41 Å². The summed E-state index contributed by atoms with van der Waals surface area (Å²) in [5, 5.41) is 3.30. The van der Waals surface area contributed by atoms with Crippen molar-refractivity contribution in [2.75, 3.05) is 10.2 Å². The van der Waals surface area contributed by atoms with E-state index in [0.717, 1.165) is 11.4 Å². The van der Waals surface area contributed by atoms with Crippen LogP contribution in [0.3, 0.4) is 0 Å². The van der Waals surface area contributed by atoms with E-state index in [2.05, 4.69) is 127 Å². The first-order chi connectivity index (χ1) is 20.1. The Bertz CT molecular complexity index is 1630. The number of hydrogen-bond acceptors (Lipinski definition) is 2. The van der Waals surface area contributed by atoms with Crippen molar-refractivity contribution in [3.05, 3.63) is 175 Å². The number of fused-ring (bicyclic) bond motifs is 3. The molecule has 0 saturated heterocycles. The predicted octanol–water partition coefficient (Wildman–Crippen LogP) is 10.9. The van der Waals surface area contributed by atoms with Crippen molar-refractivity contribution < 1.29 is 0 Å². The van der Waals surface area contributed by atoms with Crippen molar-refractivity contribution in [3.63, 3.8) is 0 Å². The molecule has 0 saturated carbocycles. The fraction of sp³-hybridized carbons (Fsp3) is 0.0769. The average Bonchev–Trinajstić information content (AvgIpc) is 3.26. The molecule has 2 nitrogen and oxygen atoms in total. The molecule has 1 aliphatic rings. The first kappa shape index (κ1) is 26.2. The van der Waals surface area contributed by atoms with Crippen molar-refractivity contribution in [1.29, 1.82) is 0 Å². The minimum Gasteiger partial charge on any atom is -0.356 e. The van der Waals surface area contributed by atoms with E-state index in [4.69, 9.17) is 0 Å². The number of nitrogens with one attached hydrogen (secondary N) is 1. The van der Waals surface area contributed by atoms with Crippen LogP contribution in [0.25, 0.3) is 11.1 Å². The van der Waals surface area contributed by atoms with Crippen LogP contribution in [-0.2, 0) is 5.41 Å². The summed E-state index contributed by atoms with van der Waals surface area (Å²) in [6.45, 7) is 4.66. The molecule has 6 aromatic carbocycles. The lowest BCUT2D eigenvalue weighted by Crippen LogP contribution is -2.16. The first-order valence-electron chi connectivity index (χ1n) is 14.1. The highest BCUT2D eigenvalue weighted by Crippen LogP contribution is 2.50. The molecule has 0 amide bonds. The number of para-hydroxylation sites is 4. The number of rotatable bonds is 5. The highest BCUT2D eigenvalue weighted by molar-refractivity contribution is 5.85. The van der Waals surface area contributed by atoms with Crippen molar-refractivity contribution in [2.24, 2.45) is 0 Å². The topological polar surface area (TPSA) is 15.3 Å². The van der Waals surface area contributed by atoms with Gasteiger partial charge in [0, 0.05) is 33.9 Å². The van der Waals surface area contributed by atoms with Gasteiger partial charge in [-0.05, 0) is 82.9 Å². The fourth-order valence-corrected chi connectivity index (χ4v) is 5.64. The molecule has 41 heavy (non-hydrogen) atoms. The summed E-state index contributed by atoms with van der Waals surface area (Å²) in [4.78, 5) is 2.33. The third-order valence-electron chi connectivity index (χ3n) is 7.69. The van der Waals surface area contributed by atoms with Gasteiger partial charge >= 0.3 is 0 Å². The minimum absolute atomic E-state index is 0.000975. The molecule has 0 spiro atoms. The van der Waals surface area contributed by atoms with Crippen LogP contribution in [0, 0.1) is 0 Å². The van der Waals surface area contributed by atoms with Crippen LogP contribution in [0.1, 0.15) is 25.0 Å². The summed E-state index contributed by atoms with van der Waals surface area (Å²) in [5.41, 5.74) is 11.3. The van der Waals surface area contributed by atoms with Gasteiger partial charge in [-0.25, -0.2) is 0 Å². The van der Waals surface area contributed by atoms with E-state index in [9.17, 15) is 0 Å². The Balaban J connectivity index is 0.000000195. The number of hydrogen-bond donors (Lipinski definition) is 1. The van der Waals surface area contributed by atoms with E-state index in [1.807, 2.05) is 60.7 Å². The Morgan fingerprint density at radius 3 is 1.39 bits per heavy atom. The smallest absolute Gasteiger partial charge is 0.0465 e. The number of anilines is 5. The van der Waals surface area contributed by atoms with Gasteiger partial charge in [0.1, 0.15) is 0 Å². The number of nitrogens with zero attached hydrogens (tertiary/aromatic N) is 1. The molecule has 0 bridgehead atoms. The second-order valence-corrected chi connectivity index (χ2v) is 10.8. The van der Waals surface area contributed by atoms with Gasteiger partial charge in [-0.1, -0.05) is 117 Å². The molecule has 0 unspecified atom stereocenters. The molecule has 1 aliphatic carbocycles. The van der Waals surface area contributed by atoms with E-state index >= 15 is 0 Å². The zero-order chi connectivity index (χ0) is 28.1. The first-order valence-corrected chi connectivity index (χ1v) is 14.1. The van der Waals surface area contributed by atoms with E-state index in [1.54, 1.807) is 0 Å². The highest BCUT2D eigenvalue weighted by atomic mass is 15.1. The van der Waals surface area contributed by atoms with E-state index < -0.39 is 0 Å². The lowest BCUT2D eigenvalue weighted by Gasteiger charge is -2.28. The Morgan fingerprint density at radius 1 is 0.415 bits per heavy atom. The second-order valence-electron chi connectivity index (χ2n) is 10.8. The zero-order valence-corrected chi connectivity index (χ0v) is 23.5. The second kappa shape index (κ2) is 11.6. The quantitative estimate of drug-likeness (QED) is 0.238. The molecule has 0 radical (unpaired) electrons. The van der Waals surface area contributed by atoms with Crippen LogP contribution in [-0.4, -0.2) is 0 Å². The molecule has 0 heterocycles. The molecule has 0 aromatic heterocycles. The molecule has 6 aromatic rings. The van der Waals surface area contributed by atoms with Gasteiger partial charge in [-0.2, -0.15) is 0 Å². The third-order valence-corrected chi connectivity index (χ3v) is 7.69. The Morgan fingerprint density at radius 2 is 0.854 bits per heavy atom. The minimum atomic E-state index is 0.000975. The molecule has 0 aliphatic heterocycles. The van der Waals surface area contributed by atoms with Crippen LogP contribution in [0.4, 0.5) is 28.4 Å². The van der Waals surface area contributed by atoms with E-state index in [1.165, 1.54) is 39.3 Å². The monoisotopic (exact) mass is 530 g/mol. The van der Waals surface area contributed by atoms with Gasteiger partial charge in [0.2, 0.25) is 0 Å². The molecule has 0 atom stereocenters. The zero-order valence-electron chi connectivity index (χ0n) is 23.5. The van der Waals surface area contributed by atoms with Crippen LogP contribution in [0.2, 0.25) is 0 Å². The molecule has 7 rings (SSSR count). The predicted molar refractivity (Wildman–Crippen MR) is 175 cm³/mol. The summed E-state index contributed by atoms with van der Waals surface area (Å²) >= 11 is 0. The van der Waals surface area contributed by atoms with Crippen LogP contribution in [0.5, 0.6) is 0 Å². The molecular formula is C39H34N2. The SMILES string of the molecule is CC1(C)c2ccccc2-c2ccc(N(c3ccccc3)c3ccccc3)cc21.c1ccc(Nc2ccccc2)cc1. The van der Waals surface area contributed by atoms with Crippen molar-refractivity contribution in [3.8, 4) is 11.1 Å². The third kappa shape index (κ3) is 5.50. The average molecular weight is 531 g/mol.